The summed E-state index contributed by atoms with van der Waals surface area (Å²) in [6.07, 6.45) is 0. The number of rotatable bonds is 1. The number of halogens is 1. The number of H-pyrrole nitrogens is 1. The molecule has 2 heterocycles. The second-order valence-corrected chi connectivity index (χ2v) is 5.75. The minimum atomic E-state index is 0.564. The van der Waals surface area contributed by atoms with Gasteiger partial charge in [0.05, 0.1) is 11.0 Å². The van der Waals surface area contributed by atoms with Crippen LogP contribution in [0.2, 0.25) is 0 Å². The van der Waals surface area contributed by atoms with Gasteiger partial charge in [0.1, 0.15) is 19.0 Å². The SMILES string of the molecule is Nc1ccc(Br)cc1-c1nc2cc3c(cc2[nH]1)OCCO3. The van der Waals surface area contributed by atoms with Crippen LogP contribution in [0, 0.1) is 0 Å². The molecule has 5 nitrogen and oxygen atoms in total. The molecule has 0 aliphatic carbocycles. The van der Waals surface area contributed by atoms with E-state index in [0.29, 0.717) is 18.9 Å². The number of nitrogens with one attached hydrogen (secondary N) is 1. The summed E-state index contributed by atoms with van der Waals surface area (Å²) >= 11 is 3.45. The molecule has 0 spiro atoms. The monoisotopic (exact) mass is 345 g/mol. The van der Waals surface area contributed by atoms with Gasteiger partial charge in [-0.1, -0.05) is 15.9 Å². The van der Waals surface area contributed by atoms with Crippen LogP contribution in [0.5, 0.6) is 11.5 Å². The molecule has 1 aliphatic rings. The fourth-order valence-electron chi connectivity index (χ4n) is 2.41. The summed E-state index contributed by atoms with van der Waals surface area (Å²) in [5.74, 6) is 2.20. The van der Waals surface area contributed by atoms with Gasteiger partial charge in [0.2, 0.25) is 0 Å². The van der Waals surface area contributed by atoms with Crippen LogP contribution in [0.4, 0.5) is 5.69 Å². The van der Waals surface area contributed by atoms with Crippen molar-refractivity contribution in [1.29, 1.82) is 0 Å². The van der Waals surface area contributed by atoms with Gasteiger partial charge in [0.15, 0.2) is 11.5 Å². The number of anilines is 1. The predicted molar refractivity (Wildman–Crippen MR) is 84.6 cm³/mol. The van der Waals surface area contributed by atoms with Gasteiger partial charge < -0.3 is 20.2 Å². The lowest BCUT2D eigenvalue weighted by molar-refractivity contribution is 0.172. The maximum Gasteiger partial charge on any atom is 0.163 e. The summed E-state index contributed by atoms with van der Waals surface area (Å²) in [7, 11) is 0. The van der Waals surface area contributed by atoms with Crippen molar-refractivity contribution in [3.05, 3.63) is 34.8 Å². The number of aromatic amines is 1. The van der Waals surface area contributed by atoms with Crippen molar-refractivity contribution in [2.45, 2.75) is 0 Å². The molecule has 106 valence electrons. The summed E-state index contributed by atoms with van der Waals surface area (Å²) in [5, 5.41) is 0. The molecular weight excluding hydrogens is 334 g/mol. The van der Waals surface area contributed by atoms with Crippen molar-refractivity contribution in [3.8, 4) is 22.9 Å². The van der Waals surface area contributed by atoms with Crippen LogP contribution in [0.1, 0.15) is 0 Å². The highest BCUT2D eigenvalue weighted by molar-refractivity contribution is 9.10. The summed E-state index contributed by atoms with van der Waals surface area (Å²) in [5.41, 5.74) is 9.30. The highest BCUT2D eigenvalue weighted by atomic mass is 79.9. The molecule has 2 aromatic carbocycles. The zero-order chi connectivity index (χ0) is 14.4. The third kappa shape index (κ3) is 2.12. The lowest BCUT2D eigenvalue weighted by Crippen LogP contribution is -2.15. The molecule has 3 aromatic rings. The minimum Gasteiger partial charge on any atom is -0.486 e. The summed E-state index contributed by atoms with van der Waals surface area (Å²) in [4.78, 5) is 7.88. The van der Waals surface area contributed by atoms with Crippen molar-refractivity contribution in [2.75, 3.05) is 18.9 Å². The number of imidazole rings is 1. The molecule has 0 atom stereocenters. The molecule has 0 saturated carbocycles. The number of hydrogen-bond acceptors (Lipinski definition) is 4. The Morgan fingerprint density at radius 1 is 1.10 bits per heavy atom. The number of aromatic nitrogens is 2. The van der Waals surface area contributed by atoms with Gasteiger partial charge in [0, 0.05) is 27.9 Å². The molecule has 0 saturated heterocycles. The third-order valence-electron chi connectivity index (χ3n) is 3.42. The quantitative estimate of drug-likeness (QED) is 0.663. The average Bonchev–Trinajstić information content (AvgIpc) is 2.89. The highest BCUT2D eigenvalue weighted by Gasteiger charge is 2.16. The zero-order valence-corrected chi connectivity index (χ0v) is 12.6. The van der Waals surface area contributed by atoms with Crippen LogP contribution in [0.15, 0.2) is 34.8 Å². The average molecular weight is 346 g/mol. The Balaban J connectivity index is 1.88. The van der Waals surface area contributed by atoms with Crippen molar-refractivity contribution < 1.29 is 9.47 Å². The second-order valence-electron chi connectivity index (χ2n) is 4.83. The maximum absolute atomic E-state index is 6.04. The van der Waals surface area contributed by atoms with E-state index in [4.69, 9.17) is 15.2 Å². The molecule has 21 heavy (non-hydrogen) atoms. The van der Waals surface area contributed by atoms with Crippen LogP contribution in [-0.2, 0) is 0 Å². The lowest BCUT2D eigenvalue weighted by atomic mass is 10.2. The number of fused-ring (bicyclic) bond motifs is 2. The van der Waals surface area contributed by atoms with Crippen molar-refractivity contribution >= 4 is 32.7 Å². The fourth-order valence-corrected chi connectivity index (χ4v) is 2.77. The van der Waals surface area contributed by atoms with Gasteiger partial charge in [-0.05, 0) is 18.2 Å². The molecular formula is C15H12BrN3O2. The van der Waals surface area contributed by atoms with Gasteiger partial charge in [-0.25, -0.2) is 4.98 Å². The van der Waals surface area contributed by atoms with Gasteiger partial charge >= 0.3 is 0 Å². The first-order chi connectivity index (χ1) is 10.2. The summed E-state index contributed by atoms with van der Waals surface area (Å²) in [6, 6.07) is 9.50. The normalized spacial score (nSPS) is 13.6. The van der Waals surface area contributed by atoms with Crippen molar-refractivity contribution in [1.82, 2.24) is 9.97 Å². The third-order valence-corrected chi connectivity index (χ3v) is 3.91. The number of nitrogens with zero attached hydrogens (tertiary/aromatic N) is 1. The largest absolute Gasteiger partial charge is 0.486 e. The first kappa shape index (κ1) is 12.5. The Kier molecular flexibility index (Phi) is 2.78. The van der Waals surface area contributed by atoms with Crippen LogP contribution < -0.4 is 15.2 Å². The van der Waals surface area contributed by atoms with Crippen molar-refractivity contribution in [3.63, 3.8) is 0 Å². The first-order valence-electron chi connectivity index (χ1n) is 6.55. The highest BCUT2D eigenvalue weighted by Crippen LogP contribution is 2.35. The molecule has 0 unspecified atom stereocenters. The van der Waals surface area contributed by atoms with Gasteiger partial charge in [-0.2, -0.15) is 0 Å². The van der Waals surface area contributed by atoms with E-state index < -0.39 is 0 Å². The van der Waals surface area contributed by atoms with E-state index in [9.17, 15) is 0 Å². The molecule has 3 N–H and O–H groups in total. The maximum atomic E-state index is 6.04. The zero-order valence-electron chi connectivity index (χ0n) is 11.0. The van der Waals surface area contributed by atoms with E-state index in [-0.39, 0.29) is 0 Å². The van der Waals surface area contributed by atoms with Crippen LogP contribution in [-0.4, -0.2) is 23.2 Å². The Bertz CT molecular complexity index is 801. The molecule has 1 aliphatic heterocycles. The minimum absolute atomic E-state index is 0.564. The van der Waals surface area contributed by atoms with E-state index in [1.54, 1.807) is 0 Å². The van der Waals surface area contributed by atoms with E-state index in [2.05, 4.69) is 25.9 Å². The molecule has 0 bridgehead atoms. The number of benzene rings is 2. The van der Waals surface area contributed by atoms with E-state index in [1.165, 1.54) is 0 Å². The smallest absolute Gasteiger partial charge is 0.163 e. The first-order valence-corrected chi connectivity index (χ1v) is 7.35. The summed E-state index contributed by atoms with van der Waals surface area (Å²) in [6.45, 7) is 1.13. The number of ether oxygens (including phenoxy) is 2. The van der Waals surface area contributed by atoms with E-state index in [0.717, 1.165) is 38.4 Å². The Labute approximate surface area is 129 Å². The van der Waals surface area contributed by atoms with Crippen LogP contribution in [0.25, 0.3) is 22.4 Å². The van der Waals surface area contributed by atoms with Crippen LogP contribution >= 0.6 is 15.9 Å². The van der Waals surface area contributed by atoms with Crippen LogP contribution in [0.3, 0.4) is 0 Å². The molecule has 4 rings (SSSR count). The molecule has 0 fully saturated rings. The van der Waals surface area contributed by atoms with Gasteiger partial charge in [-0.3, -0.25) is 0 Å². The second kappa shape index (κ2) is 4.66. The Morgan fingerprint density at radius 3 is 2.67 bits per heavy atom. The fraction of sp³-hybridized carbons (Fsp3) is 0.133. The molecule has 0 radical (unpaired) electrons. The van der Waals surface area contributed by atoms with E-state index in [1.807, 2.05) is 30.3 Å². The predicted octanol–water partition coefficient (Wildman–Crippen LogP) is 3.35. The summed E-state index contributed by atoms with van der Waals surface area (Å²) < 4.78 is 12.1. The number of nitrogen functional groups attached to an aromatic ring is 1. The van der Waals surface area contributed by atoms with E-state index >= 15 is 0 Å². The van der Waals surface area contributed by atoms with Gasteiger partial charge in [0.25, 0.3) is 0 Å². The topological polar surface area (TPSA) is 73.2 Å². The molecule has 0 amide bonds. The lowest BCUT2D eigenvalue weighted by Gasteiger charge is -2.17. The Morgan fingerprint density at radius 2 is 1.86 bits per heavy atom. The number of nitrogens with two attached hydrogens (primary N) is 1. The standard InChI is InChI=1S/C15H12BrN3O2/c16-8-1-2-10(17)9(5-8)15-18-11-6-13-14(7-12(11)19-15)21-4-3-20-13/h1-2,5-7H,3-4,17H2,(H,18,19). The Hall–Kier alpha value is -2.21. The molecule has 6 heteroatoms. The number of hydrogen-bond donors (Lipinski definition) is 2. The molecule has 1 aromatic heterocycles. The van der Waals surface area contributed by atoms with Crippen molar-refractivity contribution in [2.24, 2.45) is 0 Å². The van der Waals surface area contributed by atoms with Gasteiger partial charge in [-0.15, -0.1) is 0 Å².